The maximum atomic E-state index is 3.79. The van der Waals surface area contributed by atoms with E-state index in [4.69, 9.17) is 0 Å². The van der Waals surface area contributed by atoms with Crippen molar-refractivity contribution in [2.24, 2.45) is 11.3 Å². The van der Waals surface area contributed by atoms with E-state index >= 15 is 0 Å². The highest BCUT2D eigenvalue weighted by Gasteiger charge is 2.38. The standard InChI is InChI=1S/C16H29N/c1-2-5-14(6-3-1)9-12-16(10-4-11-16)13-17-15-7-8-15/h14-15,17H,1-13H2. The Morgan fingerprint density at radius 2 is 1.65 bits per heavy atom. The molecule has 3 fully saturated rings. The minimum Gasteiger partial charge on any atom is -0.313 e. The molecule has 0 aromatic rings. The van der Waals surface area contributed by atoms with Crippen LogP contribution in [0.4, 0.5) is 0 Å². The molecule has 3 aliphatic carbocycles. The lowest BCUT2D eigenvalue weighted by atomic mass is 9.64. The molecule has 3 rings (SSSR count). The van der Waals surface area contributed by atoms with Crippen LogP contribution in [0.25, 0.3) is 0 Å². The van der Waals surface area contributed by atoms with Crippen LogP contribution in [0.3, 0.4) is 0 Å². The second kappa shape index (κ2) is 5.30. The van der Waals surface area contributed by atoms with E-state index in [1.54, 1.807) is 0 Å². The zero-order valence-corrected chi connectivity index (χ0v) is 11.3. The molecule has 0 aromatic carbocycles. The Bertz CT molecular complexity index is 234. The van der Waals surface area contributed by atoms with E-state index in [0.717, 1.165) is 17.4 Å². The summed E-state index contributed by atoms with van der Waals surface area (Å²) in [5.41, 5.74) is 0.736. The van der Waals surface area contributed by atoms with Gasteiger partial charge in [-0.1, -0.05) is 38.5 Å². The fraction of sp³-hybridized carbons (Fsp3) is 1.00. The molecule has 0 aromatic heterocycles. The van der Waals surface area contributed by atoms with Gasteiger partial charge in [0.2, 0.25) is 0 Å². The third-order valence-corrected chi connectivity index (χ3v) is 5.56. The zero-order chi connectivity index (χ0) is 11.6. The van der Waals surface area contributed by atoms with Crippen LogP contribution in [0.2, 0.25) is 0 Å². The average Bonchev–Trinajstić information content (AvgIpc) is 3.13. The molecule has 0 amide bonds. The molecule has 3 aliphatic rings. The Kier molecular flexibility index (Phi) is 3.75. The van der Waals surface area contributed by atoms with Crippen LogP contribution < -0.4 is 5.32 Å². The topological polar surface area (TPSA) is 12.0 Å². The summed E-state index contributed by atoms with van der Waals surface area (Å²) >= 11 is 0. The number of hydrogen-bond donors (Lipinski definition) is 1. The first-order valence-corrected chi connectivity index (χ1v) is 8.10. The Labute approximate surface area is 107 Å². The van der Waals surface area contributed by atoms with Gasteiger partial charge in [0.05, 0.1) is 0 Å². The fourth-order valence-electron chi connectivity index (χ4n) is 3.83. The highest BCUT2D eigenvalue weighted by Crippen LogP contribution is 2.46. The summed E-state index contributed by atoms with van der Waals surface area (Å²) in [4.78, 5) is 0. The highest BCUT2D eigenvalue weighted by molar-refractivity contribution is 4.93. The van der Waals surface area contributed by atoms with Crippen molar-refractivity contribution in [2.75, 3.05) is 6.54 Å². The van der Waals surface area contributed by atoms with Crippen molar-refractivity contribution >= 4 is 0 Å². The predicted octanol–water partition coefficient (Wildman–Crippen LogP) is 4.27. The van der Waals surface area contributed by atoms with Gasteiger partial charge < -0.3 is 5.32 Å². The molecule has 0 bridgehead atoms. The number of hydrogen-bond acceptors (Lipinski definition) is 1. The molecule has 0 aliphatic heterocycles. The van der Waals surface area contributed by atoms with Crippen LogP contribution in [-0.4, -0.2) is 12.6 Å². The molecular weight excluding hydrogens is 206 g/mol. The summed E-state index contributed by atoms with van der Waals surface area (Å²) in [7, 11) is 0. The number of rotatable bonds is 6. The molecule has 98 valence electrons. The van der Waals surface area contributed by atoms with Crippen molar-refractivity contribution in [3.63, 3.8) is 0 Å². The predicted molar refractivity (Wildman–Crippen MR) is 73.1 cm³/mol. The van der Waals surface area contributed by atoms with E-state index in [2.05, 4.69) is 5.32 Å². The van der Waals surface area contributed by atoms with Crippen LogP contribution in [0.15, 0.2) is 0 Å². The first-order chi connectivity index (χ1) is 8.36. The van der Waals surface area contributed by atoms with Crippen molar-refractivity contribution in [2.45, 2.75) is 83.1 Å². The van der Waals surface area contributed by atoms with Crippen molar-refractivity contribution in [1.29, 1.82) is 0 Å². The molecule has 0 radical (unpaired) electrons. The van der Waals surface area contributed by atoms with Crippen LogP contribution in [0.5, 0.6) is 0 Å². The lowest BCUT2D eigenvalue weighted by Crippen LogP contribution is -2.41. The van der Waals surface area contributed by atoms with Gasteiger partial charge in [0, 0.05) is 12.6 Å². The highest BCUT2D eigenvalue weighted by atomic mass is 15.0. The Morgan fingerprint density at radius 3 is 2.24 bits per heavy atom. The summed E-state index contributed by atoms with van der Waals surface area (Å²) in [6.07, 6.45) is 18.1. The van der Waals surface area contributed by atoms with E-state index in [1.807, 2.05) is 0 Å². The molecule has 0 spiro atoms. The lowest BCUT2D eigenvalue weighted by Gasteiger charge is -2.43. The van der Waals surface area contributed by atoms with Gasteiger partial charge in [-0.15, -0.1) is 0 Å². The molecule has 1 N–H and O–H groups in total. The molecule has 0 heterocycles. The van der Waals surface area contributed by atoms with E-state index in [1.165, 1.54) is 83.6 Å². The third kappa shape index (κ3) is 3.24. The smallest absolute Gasteiger partial charge is 0.00684 e. The van der Waals surface area contributed by atoms with Crippen LogP contribution >= 0.6 is 0 Å². The second-order valence-electron chi connectivity index (χ2n) is 7.05. The lowest BCUT2D eigenvalue weighted by molar-refractivity contribution is 0.101. The molecule has 17 heavy (non-hydrogen) atoms. The van der Waals surface area contributed by atoms with Crippen molar-refractivity contribution in [3.8, 4) is 0 Å². The van der Waals surface area contributed by atoms with E-state index in [0.29, 0.717) is 0 Å². The van der Waals surface area contributed by atoms with E-state index in [9.17, 15) is 0 Å². The Morgan fingerprint density at radius 1 is 0.882 bits per heavy atom. The molecule has 1 heteroatoms. The Balaban J connectivity index is 1.40. The number of nitrogens with one attached hydrogen (secondary N) is 1. The summed E-state index contributed by atoms with van der Waals surface area (Å²) in [5.74, 6) is 1.09. The normalized spacial score (nSPS) is 28.9. The summed E-state index contributed by atoms with van der Waals surface area (Å²) in [5, 5.41) is 3.79. The summed E-state index contributed by atoms with van der Waals surface area (Å²) in [6, 6.07) is 0.905. The van der Waals surface area contributed by atoms with Gasteiger partial charge >= 0.3 is 0 Å². The minimum absolute atomic E-state index is 0.736. The Hall–Kier alpha value is -0.0400. The van der Waals surface area contributed by atoms with Gasteiger partial charge in [-0.2, -0.15) is 0 Å². The average molecular weight is 235 g/mol. The second-order valence-corrected chi connectivity index (χ2v) is 7.05. The maximum Gasteiger partial charge on any atom is 0.00684 e. The minimum atomic E-state index is 0.736. The van der Waals surface area contributed by atoms with Gasteiger partial charge in [0.25, 0.3) is 0 Å². The van der Waals surface area contributed by atoms with E-state index in [-0.39, 0.29) is 0 Å². The molecular formula is C16H29N. The third-order valence-electron chi connectivity index (χ3n) is 5.56. The van der Waals surface area contributed by atoms with Gasteiger partial charge in [0.15, 0.2) is 0 Å². The first-order valence-electron chi connectivity index (χ1n) is 8.10. The van der Waals surface area contributed by atoms with Crippen LogP contribution in [0.1, 0.15) is 77.0 Å². The molecule has 0 saturated heterocycles. The monoisotopic (exact) mass is 235 g/mol. The van der Waals surface area contributed by atoms with Gasteiger partial charge in [0.1, 0.15) is 0 Å². The zero-order valence-electron chi connectivity index (χ0n) is 11.3. The van der Waals surface area contributed by atoms with E-state index < -0.39 is 0 Å². The van der Waals surface area contributed by atoms with Gasteiger partial charge in [-0.05, 0) is 49.9 Å². The SMILES string of the molecule is C1CCC(CCC2(CNC3CC3)CCC2)CC1. The maximum absolute atomic E-state index is 3.79. The molecule has 0 atom stereocenters. The molecule has 3 saturated carbocycles. The quantitative estimate of drug-likeness (QED) is 0.725. The molecule has 0 unspecified atom stereocenters. The fourth-order valence-corrected chi connectivity index (χ4v) is 3.83. The first kappa shape index (κ1) is 12.0. The van der Waals surface area contributed by atoms with Crippen molar-refractivity contribution in [1.82, 2.24) is 5.32 Å². The van der Waals surface area contributed by atoms with Crippen LogP contribution in [0, 0.1) is 11.3 Å². The van der Waals surface area contributed by atoms with Crippen LogP contribution in [-0.2, 0) is 0 Å². The van der Waals surface area contributed by atoms with Gasteiger partial charge in [-0.25, -0.2) is 0 Å². The van der Waals surface area contributed by atoms with Crippen molar-refractivity contribution < 1.29 is 0 Å². The molecule has 1 nitrogen and oxygen atoms in total. The van der Waals surface area contributed by atoms with Gasteiger partial charge in [-0.3, -0.25) is 0 Å². The summed E-state index contributed by atoms with van der Waals surface area (Å²) < 4.78 is 0. The summed E-state index contributed by atoms with van der Waals surface area (Å²) in [6.45, 7) is 1.34. The van der Waals surface area contributed by atoms with Crippen molar-refractivity contribution in [3.05, 3.63) is 0 Å². The largest absolute Gasteiger partial charge is 0.313 e.